The maximum atomic E-state index is 12.7. The number of aliphatic hydroxyl groups excluding tert-OH is 2. The van der Waals surface area contributed by atoms with Gasteiger partial charge in [0.2, 0.25) is 10.0 Å². The fourth-order valence-electron chi connectivity index (χ4n) is 2.72. The number of amides is 1. The number of anilines is 1. The summed E-state index contributed by atoms with van der Waals surface area (Å²) in [5.41, 5.74) is 0.499. The van der Waals surface area contributed by atoms with Crippen LogP contribution < -0.4 is 9.62 Å². The van der Waals surface area contributed by atoms with Gasteiger partial charge in [-0.05, 0) is 30.5 Å². The number of nitrogens with zero attached hydrogens (tertiary/aromatic N) is 2. The zero-order valence-electron chi connectivity index (χ0n) is 17.4. The third kappa shape index (κ3) is 6.92. The molecule has 172 valence electrons. The molecule has 0 saturated heterocycles. The first-order chi connectivity index (χ1) is 14.5. The lowest BCUT2D eigenvalue weighted by molar-refractivity contribution is -0.0177. The van der Waals surface area contributed by atoms with E-state index < -0.39 is 34.2 Å². The molecule has 0 saturated carbocycles. The molecule has 0 radical (unpaired) electrons. The van der Waals surface area contributed by atoms with Gasteiger partial charge in [0.25, 0.3) is 5.91 Å². The van der Waals surface area contributed by atoms with Gasteiger partial charge in [0.15, 0.2) is 5.69 Å². The highest BCUT2D eigenvalue weighted by molar-refractivity contribution is 7.92. The fraction of sp³-hybridized carbons (Fsp3) is 0.474. The lowest BCUT2D eigenvalue weighted by atomic mass is 9.96. The number of aliphatic hydroxyl groups is 2. The molecular formula is C19H27N3O8S. The molecule has 4 N–H and O–H groups in total. The van der Waals surface area contributed by atoms with Crippen LogP contribution in [0.4, 0.5) is 6.01 Å². The van der Waals surface area contributed by atoms with Crippen LogP contribution in [0.1, 0.15) is 22.5 Å². The van der Waals surface area contributed by atoms with Crippen LogP contribution in [-0.2, 0) is 21.2 Å². The highest BCUT2D eigenvalue weighted by atomic mass is 32.2. The van der Waals surface area contributed by atoms with Crippen LogP contribution >= 0.6 is 0 Å². The van der Waals surface area contributed by atoms with Crippen molar-refractivity contribution < 1.29 is 37.7 Å². The van der Waals surface area contributed by atoms with E-state index in [2.05, 4.69) is 10.3 Å². The summed E-state index contributed by atoms with van der Waals surface area (Å²) in [6, 6.07) is 4.97. The van der Waals surface area contributed by atoms with E-state index >= 15 is 0 Å². The molecule has 0 aliphatic carbocycles. The van der Waals surface area contributed by atoms with E-state index in [9.17, 15) is 28.5 Å². The summed E-state index contributed by atoms with van der Waals surface area (Å²) in [6.07, 6.45) is -0.261. The molecule has 0 aliphatic rings. The smallest absolute Gasteiger partial charge is 0.311 e. The lowest BCUT2D eigenvalue weighted by Crippen LogP contribution is -2.50. The van der Waals surface area contributed by atoms with Gasteiger partial charge in [0, 0.05) is 20.8 Å². The van der Waals surface area contributed by atoms with Crippen LogP contribution in [0.3, 0.4) is 0 Å². The van der Waals surface area contributed by atoms with Gasteiger partial charge in [0.05, 0.1) is 18.4 Å². The van der Waals surface area contributed by atoms with Crippen molar-refractivity contribution in [1.82, 2.24) is 10.3 Å². The summed E-state index contributed by atoms with van der Waals surface area (Å²) < 4.78 is 34.0. The Bertz CT molecular complexity index is 961. The minimum Gasteiger partial charge on any atom is -0.508 e. The number of carbonyl (C=O) groups is 1. The SMILES string of the molecule is COCCC(O)C(O)C(Cc1ccc(O)cc1)NC(=O)c1coc(N(C)S(C)(=O)=O)n1. The molecule has 0 aliphatic heterocycles. The number of benzene rings is 1. The number of hydrogen-bond acceptors (Lipinski definition) is 9. The molecule has 3 unspecified atom stereocenters. The summed E-state index contributed by atoms with van der Waals surface area (Å²) in [5, 5.41) is 32.9. The molecule has 3 atom stereocenters. The van der Waals surface area contributed by atoms with Gasteiger partial charge in [-0.1, -0.05) is 12.1 Å². The third-order valence-corrected chi connectivity index (χ3v) is 5.78. The molecule has 0 fully saturated rings. The van der Waals surface area contributed by atoms with Gasteiger partial charge in [-0.25, -0.2) is 12.7 Å². The summed E-state index contributed by atoms with van der Waals surface area (Å²) in [5.74, 6) is -0.659. The third-order valence-electron chi connectivity index (χ3n) is 4.62. The average molecular weight is 458 g/mol. The number of hydrogen-bond donors (Lipinski definition) is 4. The van der Waals surface area contributed by atoms with Crippen molar-refractivity contribution in [3.63, 3.8) is 0 Å². The molecule has 0 bridgehead atoms. The van der Waals surface area contributed by atoms with Gasteiger partial charge in [-0.2, -0.15) is 4.98 Å². The van der Waals surface area contributed by atoms with Crippen molar-refractivity contribution >= 4 is 21.9 Å². The average Bonchev–Trinajstić information content (AvgIpc) is 3.21. The molecule has 2 rings (SSSR count). The van der Waals surface area contributed by atoms with Crippen LogP contribution in [0.15, 0.2) is 34.9 Å². The summed E-state index contributed by atoms with van der Waals surface area (Å²) in [6.45, 7) is 0.211. The standard InChI is InChI=1S/C19H27N3O8S/c1-22(31(3,27)28)19-21-15(11-30-19)18(26)20-14(17(25)16(24)8-9-29-2)10-12-4-6-13(23)7-5-12/h4-7,11,14,16-17,23-25H,8-10H2,1-3H3,(H,20,26). The van der Waals surface area contributed by atoms with Crippen molar-refractivity contribution in [2.24, 2.45) is 0 Å². The van der Waals surface area contributed by atoms with Crippen LogP contribution in [0.25, 0.3) is 0 Å². The van der Waals surface area contributed by atoms with E-state index in [0.717, 1.165) is 16.8 Å². The number of carbonyl (C=O) groups excluding carboxylic acids is 1. The number of oxazole rings is 1. The number of methoxy groups -OCH3 is 1. The molecule has 31 heavy (non-hydrogen) atoms. The monoisotopic (exact) mass is 457 g/mol. The van der Waals surface area contributed by atoms with E-state index in [-0.39, 0.29) is 36.9 Å². The van der Waals surface area contributed by atoms with E-state index in [1.54, 1.807) is 12.1 Å². The number of phenols is 1. The Labute approximate surface area is 180 Å². The minimum atomic E-state index is -3.63. The van der Waals surface area contributed by atoms with E-state index in [1.807, 2.05) is 0 Å². The lowest BCUT2D eigenvalue weighted by Gasteiger charge is -2.27. The number of ether oxygens (including phenoxy) is 1. The van der Waals surface area contributed by atoms with Crippen molar-refractivity contribution in [2.45, 2.75) is 31.1 Å². The maximum Gasteiger partial charge on any atom is 0.311 e. The minimum absolute atomic E-state index is 0.0649. The van der Waals surface area contributed by atoms with Crippen molar-refractivity contribution in [3.8, 4) is 5.75 Å². The molecule has 11 nitrogen and oxygen atoms in total. The van der Waals surface area contributed by atoms with Crippen LogP contribution in [0.2, 0.25) is 0 Å². The van der Waals surface area contributed by atoms with Crippen LogP contribution in [-0.4, -0.2) is 79.9 Å². The Morgan fingerprint density at radius 2 is 1.94 bits per heavy atom. The Kier molecular flexibility index (Phi) is 8.39. The Balaban J connectivity index is 2.20. The quantitative estimate of drug-likeness (QED) is 0.360. The van der Waals surface area contributed by atoms with Crippen molar-refractivity contribution in [3.05, 3.63) is 41.8 Å². The van der Waals surface area contributed by atoms with Gasteiger partial charge >= 0.3 is 6.01 Å². The molecule has 1 aromatic carbocycles. The fourth-order valence-corrected chi connectivity index (χ4v) is 3.09. The number of aromatic nitrogens is 1. The molecular weight excluding hydrogens is 430 g/mol. The van der Waals surface area contributed by atoms with Gasteiger partial charge in [-0.3, -0.25) is 4.79 Å². The first-order valence-corrected chi connectivity index (χ1v) is 11.2. The number of rotatable bonds is 11. The molecule has 1 aromatic heterocycles. The van der Waals surface area contributed by atoms with E-state index in [1.165, 1.54) is 26.3 Å². The van der Waals surface area contributed by atoms with Crippen LogP contribution in [0, 0.1) is 0 Å². The van der Waals surface area contributed by atoms with E-state index in [4.69, 9.17) is 9.15 Å². The highest BCUT2D eigenvalue weighted by Crippen LogP contribution is 2.17. The number of nitrogens with one attached hydrogen (secondary N) is 1. The maximum absolute atomic E-state index is 12.7. The van der Waals surface area contributed by atoms with Gasteiger partial charge < -0.3 is 29.8 Å². The predicted octanol–water partition coefficient (Wildman–Crippen LogP) is -0.125. The summed E-state index contributed by atoms with van der Waals surface area (Å²) in [4.78, 5) is 16.5. The summed E-state index contributed by atoms with van der Waals surface area (Å²) >= 11 is 0. The van der Waals surface area contributed by atoms with Gasteiger partial charge in [0.1, 0.15) is 18.1 Å². The second-order valence-electron chi connectivity index (χ2n) is 7.04. The first kappa shape index (κ1) is 24.6. The predicted molar refractivity (Wildman–Crippen MR) is 111 cm³/mol. The second-order valence-corrected chi connectivity index (χ2v) is 9.05. The van der Waals surface area contributed by atoms with E-state index in [0.29, 0.717) is 5.56 Å². The number of aromatic hydroxyl groups is 1. The van der Waals surface area contributed by atoms with Crippen molar-refractivity contribution in [1.29, 1.82) is 0 Å². The zero-order chi connectivity index (χ0) is 23.2. The highest BCUT2D eigenvalue weighted by Gasteiger charge is 2.29. The first-order valence-electron chi connectivity index (χ1n) is 9.36. The number of phenolic OH excluding ortho intramolecular Hbond substituents is 1. The summed E-state index contributed by atoms with van der Waals surface area (Å²) in [7, 11) is -0.938. The molecule has 2 aromatic rings. The molecule has 12 heteroatoms. The Hall–Kier alpha value is -2.67. The Morgan fingerprint density at radius 1 is 1.29 bits per heavy atom. The largest absolute Gasteiger partial charge is 0.508 e. The van der Waals surface area contributed by atoms with Crippen LogP contribution in [0.5, 0.6) is 5.75 Å². The topological polar surface area (TPSA) is 162 Å². The normalized spacial score (nSPS) is 14.6. The second kappa shape index (κ2) is 10.6. The molecule has 1 amide bonds. The number of sulfonamides is 1. The van der Waals surface area contributed by atoms with Gasteiger partial charge in [-0.15, -0.1) is 0 Å². The molecule has 1 heterocycles. The Morgan fingerprint density at radius 3 is 2.52 bits per heavy atom. The molecule has 0 spiro atoms. The zero-order valence-corrected chi connectivity index (χ0v) is 18.2. The van der Waals surface area contributed by atoms with Crippen molar-refractivity contribution in [2.75, 3.05) is 31.3 Å².